The van der Waals surface area contributed by atoms with Gasteiger partial charge in [-0.1, -0.05) is 0 Å². The summed E-state index contributed by atoms with van der Waals surface area (Å²) >= 11 is 0. The molecule has 1 rings (SSSR count). The Morgan fingerprint density at radius 2 is 2.23 bits per heavy atom. The first-order valence-corrected chi connectivity index (χ1v) is 3.88. The van der Waals surface area contributed by atoms with Crippen molar-refractivity contribution in [2.45, 2.75) is 6.92 Å². The van der Waals surface area contributed by atoms with Gasteiger partial charge in [0.05, 0.1) is 18.1 Å². The molecule has 1 aromatic heterocycles. The van der Waals surface area contributed by atoms with Crippen molar-refractivity contribution < 1.29 is 0 Å². The zero-order valence-electron chi connectivity index (χ0n) is 7.36. The molecule has 0 aliphatic heterocycles. The average Bonchev–Trinajstić information content (AvgIpc) is 2.18. The van der Waals surface area contributed by atoms with Crippen LogP contribution in [0.3, 0.4) is 0 Å². The molecule has 1 aromatic rings. The zero-order chi connectivity index (χ0) is 9.68. The van der Waals surface area contributed by atoms with Crippen molar-refractivity contribution in [3.05, 3.63) is 12.4 Å². The summed E-state index contributed by atoms with van der Waals surface area (Å²) in [6.45, 7) is 2.74. The summed E-state index contributed by atoms with van der Waals surface area (Å²) in [5.41, 5.74) is 0.580. The maximum Gasteiger partial charge on any atom is 0.222 e. The molecule has 0 saturated heterocycles. The van der Waals surface area contributed by atoms with Crippen LogP contribution in [0.2, 0.25) is 0 Å². The molecule has 0 bridgehead atoms. The molecule has 0 saturated carbocycles. The highest BCUT2D eigenvalue weighted by Crippen LogP contribution is 2.06. The van der Waals surface area contributed by atoms with Crippen LogP contribution in [-0.4, -0.2) is 22.9 Å². The van der Waals surface area contributed by atoms with Gasteiger partial charge in [-0.2, -0.15) is 0 Å². The summed E-state index contributed by atoms with van der Waals surface area (Å²) in [6, 6.07) is 0. The lowest BCUT2D eigenvalue weighted by Gasteiger charge is -2.10. The lowest BCUT2D eigenvalue weighted by molar-refractivity contribution is 1.05. The first kappa shape index (κ1) is 9.40. The molecule has 6 nitrogen and oxygen atoms in total. The summed E-state index contributed by atoms with van der Waals surface area (Å²) in [7, 11) is 0. The molecule has 0 spiro atoms. The Hall–Kier alpha value is -1.69. The summed E-state index contributed by atoms with van der Waals surface area (Å²) in [5, 5.41) is 11.0. The van der Waals surface area contributed by atoms with Crippen LogP contribution in [-0.2, 0) is 0 Å². The van der Waals surface area contributed by atoms with Crippen LogP contribution in [0.1, 0.15) is 6.92 Å². The highest BCUT2D eigenvalue weighted by Gasteiger charge is 1.99. The third kappa shape index (κ3) is 2.38. The van der Waals surface area contributed by atoms with E-state index in [1.54, 1.807) is 12.4 Å². The second-order valence-corrected chi connectivity index (χ2v) is 2.33. The Kier molecular flexibility index (Phi) is 3.15. The molecule has 0 atom stereocenters. The van der Waals surface area contributed by atoms with E-state index in [1.165, 1.54) is 0 Å². The topological polar surface area (TPSA) is 90.9 Å². The number of hydrazine groups is 1. The molecule has 0 unspecified atom stereocenters. The molecule has 0 fully saturated rings. The number of rotatable bonds is 4. The van der Waals surface area contributed by atoms with Crippen molar-refractivity contribution in [1.82, 2.24) is 9.97 Å². The summed E-state index contributed by atoms with van der Waals surface area (Å²) < 4.78 is 0. The zero-order valence-corrected chi connectivity index (χ0v) is 7.36. The molecule has 1 heterocycles. The van der Waals surface area contributed by atoms with Crippen LogP contribution in [0.4, 0.5) is 11.6 Å². The Morgan fingerprint density at radius 1 is 1.62 bits per heavy atom. The number of nitrogens with two attached hydrogens (primary N) is 1. The van der Waals surface area contributed by atoms with E-state index in [4.69, 9.17) is 11.3 Å². The summed E-state index contributed by atoms with van der Waals surface area (Å²) in [5.74, 6) is 5.97. The fourth-order valence-electron chi connectivity index (χ4n) is 0.778. The molecular weight excluding hydrogens is 168 g/mol. The van der Waals surface area contributed by atoms with Crippen molar-refractivity contribution in [2.24, 2.45) is 5.84 Å². The Bertz CT molecular complexity index is 269. The van der Waals surface area contributed by atoms with E-state index in [-0.39, 0.29) is 0 Å². The van der Waals surface area contributed by atoms with Crippen molar-refractivity contribution in [3.8, 4) is 0 Å². The molecule has 70 valence electrons. The second kappa shape index (κ2) is 4.36. The van der Waals surface area contributed by atoms with E-state index in [1.807, 2.05) is 6.92 Å². The largest absolute Gasteiger partial charge is 0.355 e. The fourth-order valence-corrected chi connectivity index (χ4v) is 0.778. The van der Waals surface area contributed by atoms with Crippen LogP contribution in [0.5, 0.6) is 0 Å². The van der Waals surface area contributed by atoms with Gasteiger partial charge in [0.2, 0.25) is 5.95 Å². The molecule has 13 heavy (non-hydrogen) atoms. The van der Waals surface area contributed by atoms with Gasteiger partial charge >= 0.3 is 0 Å². The summed E-state index contributed by atoms with van der Waals surface area (Å²) in [6.07, 6.45) is 4.09. The first-order chi connectivity index (χ1) is 6.27. The Balaban J connectivity index is 2.74. The van der Waals surface area contributed by atoms with Crippen LogP contribution in [0, 0.1) is 5.41 Å². The molecule has 0 radical (unpaired) electrons. The predicted molar refractivity (Wildman–Crippen MR) is 51.6 cm³/mol. The van der Waals surface area contributed by atoms with Gasteiger partial charge in [0, 0.05) is 6.54 Å². The Labute approximate surface area is 76.3 Å². The summed E-state index contributed by atoms with van der Waals surface area (Å²) in [4.78, 5) is 7.98. The average molecular weight is 180 g/mol. The lowest BCUT2D eigenvalue weighted by atomic mass is 10.5. The van der Waals surface area contributed by atoms with Crippen LogP contribution >= 0.6 is 0 Å². The third-order valence-corrected chi connectivity index (χ3v) is 1.41. The van der Waals surface area contributed by atoms with Crippen LogP contribution < -0.4 is 16.2 Å². The van der Waals surface area contributed by atoms with Crippen molar-refractivity contribution in [1.29, 1.82) is 5.41 Å². The second-order valence-electron chi connectivity index (χ2n) is 2.33. The minimum Gasteiger partial charge on any atom is -0.355 e. The normalized spacial score (nSPS) is 9.38. The van der Waals surface area contributed by atoms with Gasteiger partial charge in [-0.15, -0.1) is 0 Å². The highest BCUT2D eigenvalue weighted by molar-refractivity contribution is 5.74. The van der Waals surface area contributed by atoms with E-state index < -0.39 is 0 Å². The van der Waals surface area contributed by atoms with Crippen molar-refractivity contribution in [2.75, 3.05) is 16.9 Å². The lowest BCUT2D eigenvalue weighted by Crippen LogP contribution is -2.28. The third-order valence-electron chi connectivity index (χ3n) is 1.41. The van der Waals surface area contributed by atoms with Crippen LogP contribution in [0.15, 0.2) is 12.4 Å². The van der Waals surface area contributed by atoms with E-state index >= 15 is 0 Å². The van der Waals surface area contributed by atoms with E-state index in [9.17, 15) is 0 Å². The Morgan fingerprint density at radius 3 is 2.69 bits per heavy atom. The molecule has 6 heteroatoms. The number of aromatic nitrogens is 2. The SMILES string of the molecule is CCNc1ncc(N(N)C=N)cn1. The standard InChI is InChI=1S/C7H12N6/c1-2-10-7-11-3-6(4-12-7)13(9)5-8/h3-5,8H,2,9H2,1H3,(H,10,11,12). The molecule has 0 aliphatic carbocycles. The maximum atomic E-state index is 6.89. The molecule has 4 N–H and O–H groups in total. The minimum absolute atomic E-state index is 0.560. The van der Waals surface area contributed by atoms with Crippen molar-refractivity contribution >= 4 is 18.0 Å². The quantitative estimate of drug-likeness (QED) is 0.266. The van der Waals surface area contributed by atoms with E-state index in [0.717, 1.165) is 17.9 Å². The van der Waals surface area contributed by atoms with E-state index in [0.29, 0.717) is 11.6 Å². The number of nitrogens with zero attached hydrogens (tertiary/aromatic N) is 3. The molecule has 0 amide bonds. The van der Waals surface area contributed by atoms with Crippen LogP contribution in [0.25, 0.3) is 0 Å². The number of hydrogen-bond donors (Lipinski definition) is 3. The molecule has 0 aromatic carbocycles. The highest BCUT2D eigenvalue weighted by atomic mass is 15.4. The predicted octanol–water partition coefficient (Wildman–Crippen LogP) is 0.196. The number of nitrogens with one attached hydrogen (secondary N) is 2. The van der Waals surface area contributed by atoms with Gasteiger partial charge in [0.1, 0.15) is 6.34 Å². The monoisotopic (exact) mass is 180 g/mol. The maximum absolute atomic E-state index is 6.89. The molecule has 0 aliphatic rings. The first-order valence-electron chi connectivity index (χ1n) is 3.88. The number of anilines is 2. The van der Waals surface area contributed by atoms with Gasteiger partial charge < -0.3 is 5.32 Å². The minimum atomic E-state index is 0.560. The van der Waals surface area contributed by atoms with E-state index in [2.05, 4.69) is 15.3 Å². The van der Waals surface area contributed by atoms with Gasteiger partial charge in [0.15, 0.2) is 0 Å². The fraction of sp³-hybridized carbons (Fsp3) is 0.286. The number of hydrogen-bond acceptors (Lipinski definition) is 5. The van der Waals surface area contributed by atoms with Gasteiger partial charge in [-0.3, -0.25) is 10.4 Å². The smallest absolute Gasteiger partial charge is 0.222 e. The van der Waals surface area contributed by atoms with Gasteiger partial charge in [-0.25, -0.2) is 15.8 Å². The van der Waals surface area contributed by atoms with Gasteiger partial charge in [0.25, 0.3) is 0 Å². The van der Waals surface area contributed by atoms with Gasteiger partial charge in [-0.05, 0) is 6.92 Å². The molecular formula is C7H12N6. The van der Waals surface area contributed by atoms with Crippen molar-refractivity contribution in [3.63, 3.8) is 0 Å².